The molecule has 0 saturated carbocycles. The molecule has 0 aliphatic carbocycles. The Balaban J connectivity index is 0. The van der Waals surface area contributed by atoms with Crippen LogP contribution in [0.15, 0.2) is 0 Å². The SMILES string of the molecule is CCC[CH2][Bi+][CH2]CCC.NC(=S)[S-]. The summed E-state index contributed by atoms with van der Waals surface area (Å²) in [6, 6.07) is 0. The molecule has 0 aromatic carbocycles. The topological polar surface area (TPSA) is 26.0 Å². The Labute approximate surface area is 105 Å². The molecular weight excluding hydrogens is 395 g/mol. The third kappa shape index (κ3) is 32.1. The van der Waals surface area contributed by atoms with Crippen molar-refractivity contribution in [3.05, 3.63) is 0 Å². The molecule has 2 N–H and O–H groups in total. The molecular formula is C9H20BiNS2. The first-order chi connectivity index (χ1) is 6.15. The summed E-state index contributed by atoms with van der Waals surface area (Å²) in [5.74, 6) is 0. The van der Waals surface area contributed by atoms with Crippen LogP contribution >= 0.6 is 12.2 Å². The molecule has 0 fully saturated rings. The minimum atomic E-state index is 0.0681. The molecule has 0 aromatic rings. The number of hydrogen-bond acceptors (Lipinski definition) is 2. The minimum absolute atomic E-state index is 0.0681. The molecule has 13 heavy (non-hydrogen) atoms. The van der Waals surface area contributed by atoms with Gasteiger partial charge in [-0.2, -0.15) is 0 Å². The summed E-state index contributed by atoms with van der Waals surface area (Å²) in [7, 11) is 0. The van der Waals surface area contributed by atoms with Crippen molar-refractivity contribution in [2.45, 2.75) is 47.8 Å². The Morgan fingerprint density at radius 3 is 1.77 bits per heavy atom. The molecule has 0 spiro atoms. The van der Waals surface area contributed by atoms with Gasteiger partial charge in [-0.3, -0.25) is 0 Å². The standard InChI is InChI=1S/2C4H9.CH3NS2.Bi/c2*1-3-4-2;2-1(3)4;/h2*1,3-4H2,2H3;(H3,2,3,4);/q;;;+1/p-1. The molecule has 2 radical (unpaired) electrons. The fourth-order valence-corrected chi connectivity index (χ4v) is 5.72. The monoisotopic (exact) mass is 415 g/mol. The van der Waals surface area contributed by atoms with Gasteiger partial charge < -0.3 is 30.6 Å². The zero-order chi connectivity index (χ0) is 10.5. The Morgan fingerprint density at radius 1 is 1.23 bits per heavy atom. The third-order valence-electron chi connectivity index (χ3n) is 1.34. The van der Waals surface area contributed by atoms with Crippen LogP contribution in [-0.2, 0) is 12.6 Å². The molecule has 0 atom stereocenters. The average molecular weight is 415 g/mol. The zero-order valence-corrected chi connectivity index (χ0v) is 13.7. The maximum Gasteiger partial charge on any atom is -0.0708 e. The van der Waals surface area contributed by atoms with E-state index in [1.165, 1.54) is 25.7 Å². The van der Waals surface area contributed by atoms with E-state index in [2.05, 4.69) is 44.4 Å². The number of hydrogen-bond donors (Lipinski definition) is 1. The molecule has 0 bridgehead atoms. The second-order valence-corrected chi connectivity index (χ2v) is 9.05. The summed E-state index contributed by atoms with van der Waals surface area (Å²) in [6.07, 6.45) is 5.85. The fraction of sp³-hybridized carbons (Fsp3) is 0.889. The van der Waals surface area contributed by atoms with E-state index in [9.17, 15) is 0 Å². The van der Waals surface area contributed by atoms with Crippen molar-refractivity contribution in [2.75, 3.05) is 0 Å². The van der Waals surface area contributed by atoms with Gasteiger partial charge in [0.15, 0.2) is 0 Å². The van der Waals surface area contributed by atoms with E-state index in [1.807, 2.05) is 0 Å². The van der Waals surface area contributed by atoms with Gasteiger partial charge in [0.25, 0.3) is 0 Å². The van der Waals surface area contributed by atoms with Crippen LogP contribution in [0.1, 0.15) is 39.5 Å². The van der Waals surface area contributed by atoms with Gasteiger partial charge in [0.2, 0.25) is 0 Å². The Hall–Kier alpha value is 0.993. The Kier molecular flexibility index (Phi) is 19.5. The van der Waals surface area contributed by atoms with Crippen LogP contribution < -0.4 is 5.73 Å². The zero-order valence-electron chi connectivity index (χ0n) is 8.58. The van der Waals surface area contributed by atoms with Gasteiger partial charge in [0.1, 0.15) is 0 Å². The molecule has 0 heterocycles. The molecule has 1 nitrogen and oxygen atoms in total. The van der Waals surface area contributed by atoms with Gasteiger partial charge in [-0.1, -0.05) is 4.32 Å². The maximum absolute atomic E-state index is 4.66. The first-order valence-electron chi connectivity index (χ1n) is 4.74. The summed E-state index contributed by atoms with van der Waals surface area (Å²) in [5, 5.41) is 0. The quantitative estimate of drug-likeness (QED) is 0.313. The summed E-state index contributed by atoms with van der Waals surface area (Å²) < 4.78 is 3.35. The van der Waals surface area contributed by atoms with Gasteiger partial charge in [0.05, 0.1) is 0 Å². The van der Waals surface area contributed by atoms with E-state index < -0.39 is 0 Å². The van der Waals surface area contributed by atoms with Crippen molar-refractivity contribution in [3.63, 3.8) is 0 Å². The van der Waals surface area contributed by atoms with E-state index in [1.54, 1.807) is 8.26 Å². The van der Waals surface area contributed by atoms with E-state index in [4.69, 9.17) is 0 Å². The molecule has 0 rings (SSSR count). The summed E-state index contributed by atoms with van der Waals surface area (Å²) in [5.41, 5.74) is 4.66. The fourth-order valence-electron chi connectivity index (χ4n) is 0.652. The molecule has 0 saturated heterocycles. The molecule has 0 aromatic heterocycles. The van der Waals surface area contributed by atoms with Crippen LogP contribution in [-0.4, -0.2) is 27.6 Å². The third-order valence-corrected chi connectivity index (χ3v) is 6.26. The maximum atomic E-state index is 4.66. The van der Waals surface area contributed by atoms with Crippen molar-refractivity contribution in [3.8, 4) is 0 Å². The van der Waals surface area contributed by atoms with Crippen molar-refractivity contribution in [1.82, 2.24) is 0 Å². The minimum Gasteiger partial charge on any atom is -0.415 e. The van der Waals surface area contributed by atoms with Crippen LogP contribution in [0.5, 0.6) is 0 Å². The number of unbranched alkanes of at least 4 members (excludes halogenated alkanes) is 2. The predicted molar refractivity (Wildman–Crippen MR) is 69.3 cm³/mol. The Bertz CT molecular complexity index is 99.8. The van der Waals surface area contributed by atoms with Gasteiger partial charge in [0, 0.05) is 0 Å². The summed E-state index contributed by atoms with van der Waals surface area (Å²) in [4.78, 5) is 0. The largest absolute Gasteiger partial charge is 0.415 e. The molecule has 0 unspecified atom stereocenters. The van der Waals surface area contributed by atoms with Gasteiger partial charge in [-0.25, -0.2) is 0 Å². The van der Waals surface area contributed by atoms with Crippen molar-refractivity contribution in [1.29, 1.82) is 0 Å². The molecule has 0 amide bonds. The molecule has 78 valence electrons. The number of thiocarbonyl (C=S) groups is 1. The second kappa shape index (κ2) is 15.5. The predicted octanol–water partition coefficient (Wildman–Crippen LogP) is 2.90. The van der Waals surface area contributed by atoms with Crippen LogP contribution in [0.2, 0.25) is 8.26 Å². The van der Waals surface area contributed by atoms with Gasteiger partial charge >= 0.3 is 71.0 Å². The van der Waals surface area contributed by atoms with Crippen molar-refractivity contribution >= 4 is 52.4 Å². The van der Waals surface area contributed by atoms with E-state index in [0.29, 0.717) is 0 Å². The van der Waals surface area contributed by atoms with Crippen molar-refractivity contribution in [2.24, 2.45) is 5.73 Å². The first kappa shape index (κ1) is 16.4. The summed E-state index contributed by atoms with van der Waals surface area (Å²) in [6.45, 7) is 4.59. The van der Waals surface area contributed by atoms with Crippen LogP contribution in [0, 0.1) is 0 Å². The van der Waals surface area contributed by atoms with Crippen LogP contribution in [0.25, 0.3) is 0 Å². The molecule has 0 aliphatic heterocycles. The van der Waals surface area contributed by atoms with Crippen LogP contribution in [0.4, 0.5) is 0 Å². The number of nitrogens with two attached hydrogens (primary N) is 1. The van der Waals surface area contributed by atoms with Crippen molar-refractivity contribution < 1.29 is 0 Å². The Morgan fingerprint density at radius 2 is 1.54 bits per heavy atom. The van der Waals surface area contributed by atoms with Crippen LogP contribution in [0.3, 0.4) is 0 Å². The molecule has 0 aliphatic rings. The molecule has 4 heteroatoms. The normalized spacial score (nSPS) is 8.77. The summed E-state index contributed by atoms with van der Waals surface area (Å²) >= 11 is 8.33. The van der Waals surface area contributed by atoms with E-state index in [0.717, 1.165) is 0 Å². The smallest absolute Gasteiger partial charge is 0.0708 e. The van der Waals surface area contributed by atoms with E-state index in [-0.39, 0.29) is 27.6 Å². The second-order valence-electron chi connectivity index (χ2n) is 2.70. The first-order valence-corrected chi connectivity index (χ1v) is 10.5. The van der Waals surface area contributed by atoms with E-state index >= 15 is 0 Å². The van der Waals surface area contributed by atoms with Gasteiger partial charge in [-0.15, -0.1) is 0 Å². The van der Waals surface area contributed by atoms with Gasteiger partial charge in [-0.05, 0) is 0 Å². The average Bonchev–Trinajstić information content (AvgIpc) is 2.03. The number of rotatable bonds is 6.